The van der Waals surface area contributed by atoms with Gasteiger partial charge in [-0.1, -0.05) is 0 Å². The van der Waals surface area contributed by atoms with Gasteiger partial charge in [0.15, 0.2) is 4.21 Å². The molecule has 0 saturated carbocycles. The number of ether oxygens (including phenoxy) is 1. The summed E-state index contributed by atoms with van der Waals surface area (Å²) in [6, 6.07) is 2.05. The van der Waals surface area contributed by atoms with Crippen molar-refractivity contribution in [3.63, 3.8) is 0 Å². The largest absolute Gasteiger partial charge is 0.494 e. The van der Waals surface area contributed by atoms with E-state index in [1.54, 1.807) is 15.8 Å². The highest BCUT2D eigenvalue weighted by Gasteiger charge is 2.37. The molecule has 0 spiro atoms. The zero-order chi connectivity index (χ0) is 14.9. The van der Waals surface area contributed by atoms with Crippen LogP contribution in [0.15, 0.2) is 15.7 Å². The first-order valence-electron chi connectivity index (χ1n) is 7.19. The molecule has 3 rings (SSSR count). The molecule has 1 unspecified atom stereocenters. The van der Waals surface area contributed by atoms with E-state index in [0.717, 1.165) is 32.6 Å². The van der Waals surface area contributed by atoms with Gasteiger partial charge in [-0.3, -0.25) is 4.90 Å². The highest BCUT2D eigenvalue weighted by molar-refractivity contribution is 7.91. The van der Waals surface area contributed by atoms with Gasteiger partial charge in [0.25, 0.3) is 10.0 Å². The van der Waals surface area contributed by atoms with Gasteiger partial charge in [0, 0.05) is 45.3 Å². The van der Waals surface area contributed by atoms with Gasteiger partial charge in [0.1, 0.15) is 5.75 Å². The molecule has 2 aliphatic heterocycles. The summed E-state index contributed by atoms with van der Waals surface area (Å²) in [5, 5.41) is 5.09. The van der Waals surface area contributed by atoms with E-state index in [-0.39, 0.29) is 0 Å². The lowest BCUT2D eigenvalue weighted by molar-refractivity contribution is 0.179. The summed E-state index contributed by atoms with van der Waals surface area (Å²) in [5.74, 6) is 0.450. The second-order valence-electron chi connectivity index (χ2n) is 5.37. The number of rotatable bonds is 4. The van der Waals surface area contributed by atoms with Gasteiger partial charge in [-0.15, -0.1) is 11.3 Å². The monoisotopic (exact) mass is 331 g/mol. The third-order valence-electron chi connectivity index (χ3n) is 4.18. The summed E-state index contributed by atoms with van der Waals surface area (Å²) in [5.41, 5.74) is 0. The molecule has 6 nitrogen and oxygen atoms in total. The Hall–Kier alpha value is -0.670. The van der Waals surface area contributed by atoms with Gasteiger partial charge in [-0.25, -0.2) is 8.42 Å². The van der Waals surface area contributed by atoms with Gasteiger partial charge in [-0.05, 0) is 17.9 Å². The zero-order valence-electron chi connectivity index (χ0n) is 12.1. The number of hydrogen-bond acceptors (Lipinski definition) is 6. The minimum atomic E-state index is -3.43. The van der Waals surface area contributed by atoms with Crippen LogP contribution in [0.3, 0.4) is 0 Å². The average Bonchev–Trinajstić information content (AvgIpc) is 3.17. The maximum atomic E-state index is 12.7. The van der Waals surface area contributed by atoms with Gasteiger partial charge in [0.2, 0.25) is 0 Å². The molecule has 2 fully saturated rings. The Morgan fingerprint density at radius 2 is 2.10 bits per heavy atom. The van der Waals surface area contributed by atoms with E-state index in [1.807, 2.05) is 0 Å². The molecule has 118 valence electrons. The molecule has 1 aromatic heterocycles. The molecule has 1 aromatic rings. The molecule has 0 aliphatic carbocycles. The Bertz CT molecular complexity index is 581. The highest BCUT2D eigenvalue weighted by atomic mass is 32.2. The van der Waals surface area contributed by atoms with Crippen LogP contribution >= 0.6 is 11.3 Å². The summed E-state index contributed by atoms with van der Waals surface area (Å²) in [4.78, 5) is 2.40. The Morgan fingerprint density at radius 3 is 2.81 bits per heavy atom. The van der Waals surface area contributed by atoms with Crippen LogP contribution < -0.4 is 10.1 Å². The maximum Gasteiger partial charge on any atom is 0.256 e. The van der Waals surface area contributed by atoms with Gasteiger partial charge in [-0.2, -0.15) is 4.31 Å². The van der Waals surface area contributed by atoms with E-state index in [1.165, 1.54) is 18.4 Å². The normalized spacial score (nSPS) is 25.3. The topological polar surface area (TPSA) is 61.9 Å². The molecule has 0 amide bonds. The molecule has 0 aromatic carbocycles. The summed E-state index contributed by atoms with van der Waals surface area (Å²) in [7, 11) is -1.92. The first kappa shape index (κ1) is 15.2. The second kappa shape index (κ2) is 6.21. The molecule has 1 N–H and O–H groups in total. The van der Waals surface area contributed by atoms with E-state index in [0.29, 0.717) is 29.1 Å². The van der Waals surface area contributed by atoms with Crippen molar-refractivity contribution in [3.05, 3.63) is 11.4 Å². The minimum absolute atomic E-state index is 0.325. The smallest absolute Gasteiger partial charge is 0.256 e. The third kappa shape index (κ3) is 2.95. The number of sulfonamides is 1. The number of nitrogens with one attached hydrogen (secondary N) is 1. The van der Waals surface area contributed by atoms with E-state index in [2.05, 4.69) is 10.2 Å². The predicted octanol–water partition coefficient (Wildman–Crippen LogP) is 0.425. The standard InChI is InChI=1S/C13H21N3O3S2/c1-19-12-3-9-20-13(12)21(17,18)16-6-2-11(10-16)15-7-4-14-5-8-15/h3,9,11,14H,2,4-8,10H2,1H3. The van der Waals surface area contributed by atoms with Crippen molar-refractivity contribution in [2.45, 2.75) is 16.7 Å². The highest BCUT2D eigenvalue weighted by Crippen LogP contribution is 2.34. The first-order chi connectivity index (χ1) is 10.1. The van der Waals surface area contributed by atoms with E-state index >= 15 is 0 Å². The average molecular weight is 331 g/mol. The van der Waals surface area contributed by atoms with E-state index < -0.39 is 10.0 Å². The number of thiophene rings is 1. The Labute approximate surface area is 129 Å². The molecule has 1 atom stereocenters. The van der Waals surface area contributed by atoms with Crippen molar-refractivity contribution >= 4 is 21.4 Å². The summed E-state index contributed by atoms with van der Waals surface area (Å²) < 4.78 is 32.5. The Balaban J connectivity index is 1.73. The molecule has 21 heavy (non-hydrogen) atoms. The number of methoxy groups -OCH3 is 1. The zero-order valence-corrected chi connectivity index (χ0v) is 13.8. The third-order valence-corrected chi connectivity index (χ3v) is 7.47. The summed E-state index contributed by atoms with van der Waals surface area (Å²) in [6.07, 6.45) is 0.910. The van der Waals surface area contributed by atoms with Gasteiger partial charge in [0.05, 0.1) is 7.11 Å². The molecule has 2 saturated heterocycles. The van der Waals surface area contributed by atoms with Crippen molar-refractivity contribution in [1.29, 1.82) is 0 Å². The number of piperazine rings is 1. The lowest BCUT2D eigenvalue weighted by atomic mass is 10.2. The maximum absolute atomic E-state index is 12.7. The Morgan fingerprint density at radius 1 is 1.33 bits per heavy atom. The van der Waals surface area contributed by atoms with Crippen LogP contribution in [0.4, 0.5) is 0 Å². The van der Waals surface area contributed by atoms with Crippen LogP contribution in [0.2, 0.25) is 0 Å². The molecular formula is C13H21N3O3S2. The fraction of sp³-hybridized carbons (Fsp3) is 0.692. The van der Waals surface area contributed by atoms with Crippen molar-refractivity contribution in [2.24, 2.45) is 0 Å². The van der Waals surface area contributed by atoms with Crippen LogP contribution in [0, 0.1) is 0 Å². The lowest BCUT2D eigenvalue weighted by Crippen LogP contribution is -2.49. The van der Waals surface area contributed by atoms with Crippen LogP contribution in [-0.4, -0.2) is 70.0 Å². The fourth-order valence-corrected chi connectivity index (χ4v) is 5.92. The molecule has 3 heterocycles. The molecule has 0 radical (unpaired) electrons. The lowest BCUT2D eigenvalue weighted by Gasteiger charge is -2.32. The van der Waals surface area contributed by atoms with Crippen molar-refractivity contribution in [1.82, 2.24) is 14.5 Å². The number of nitrogens with zero attached hydrogens (tertiary/aromatic N) is 2. The quantitative estimate of drug-likeness (QED) is 0.867. The van der Waals surface area contributed by atoms with Crippen molar-refractivity contribution in [3.8, 4) is 5.75 Å². The van der Waals surface area contributed by atoms with Gasteiger partial charge >= 0.3 is 0 Å². The minimum Gasteiger partial charge on any atom is -0.494 e. The first-order valence-corrected chi connectivity index (χ1v) is 9.51. The van der Waals surface area contributed by atoms with E-state index in [9.17, 15) is 8.42 Å². The second-order valence-corrected chi connectivity index (χ2v) is 8.42. The van der Waals surface area contributed by atoms with Crippen LogP contribution in [0.25, 0.3) is 0 Å². The molecule has 8 heteroatoms. The number of hydrogen-bond donors (Lipinski definition) is 1. The fourth-order valence-electron chi connectivity index (χ4n) is 3.01. The summed E-state index contributed by atoms with van der Waals surface area (Å²) in [6.45, 7) is 5.16. The van der Waals surface area contributed by atoms with Crippen LogP contribution in [0.5, 0.6) is 5.75 Å². The Kier molecular flexibility index (Phi) is 4.51. The molecule has 0 bridgehead atoms. The van der Waals surface area contributed by atoms with Gasteiger partial charge < -0.3 is 10.1 Å². The predicted molar refractivity (Wildman–Crippen MR) is 82.5 cm³/mol. The van der Waals surface area contributed by atoms with E-state index in [4.69, 9.17) is 4.74 Å². The van der Waals surface area contributed by atoms with Crippen molar-refractivity contribution in [2.75, 3.05) is 46.4 Å². The van der Waals surface area contributed by atoms with Crippen LogP contribution in [-0.2, 0) is 10.0 Å². The molecule has 2 aliphatic rings. The van der Waals surface area contributed by atoms with Crippen LogP contribution in [0.1, 0.15) is 6.42 Å². The van der Waals surface area contributed by atoms with Crippen molar-refractivity contribution < 1.29 is 13.2 Å². The SMILES string of the molecule is COc1ccsc1S(=O)(=O)N1CCC(N2CCNCC2)C1. The molecular weight excluding hydrogens is 310 g/mol. The summed E-state index contributed by atoms with van der Waals surface area (Å²) >= 11 is 1.23.